The molecule has 0 N–H and O–H groups in total. The third kappa shape index (κ3) is 4.55. The van der Waals surface area contributed by atoms with Crippen molar-refractivity contribution in [3.8, 4) is 33.4 Å². The summed E-state index contributed by atoms with van der Waals surface area (Å²) in [5, 5.41) is 2.28. The van der Waals surface area contributed by atoms with Gasteiger partial charge in [0.2, 0.25) is 0 Å². The van der Waals surface area contributed by atoms with E-state index in [1.807, 2.05) is 0 Å². The fraction of sp³-hybridized carbons (Fsp3) is 0.0943. The Hall–Kier alpha value is -6.64. The monoisotopic (exact) mass is 705 g/mol. The molecule has 0 fully saturated rings. The molecule has 2 aliphatic rings. The van der Waals surface area contributed by atoms with Crippen LogP contribution in [0, 0.1) is 0 Å². The van der Waals surface area contributed by atoms with Crippen LogP contribution in [0.25, 0.3) is 55.3 Å². The molecule has 0 bridgehead atoms. The van der Waals surface area contributed by atoms with Gasteiger partial charge >= 0.3 is 0 Å². The highest BCUT2D eigenvalue weighted by Gasteiger charge is 2.42. The fourth-order valence-corrected chi connectivity index (χ4v) is 9.83. The van der Waals surface area contributed by atoms with Gasteiger partial charge in [0.15, 0.2) is 0 Å². The fourth-order valence-electron chi connectivity index (χ4n) is 9.83. The van der Waals surface area contributed by atoms with Crippen LogP contribution in [-0.2, 0) is 10.8 Å². The van der Waals surface area contributed by atoms with Crippen LogP contribution < -0.4 is 4.90 Å². The molecule has 2 aliphatic carbocycles. The van der Waals surface area contributed by atoms with Crippen LogP contribution in [0.1, 0.15) is 48.6 Å². The lowest BCUT2D eigenvalue weighted by molar-refractivity contribution is 0.660. The topological polar surface area (TPSA) is 16.4 Å². The maximum atomic E-state index is 6.69. The van der Waals surface area contributed by atoms with Gasteiger partial charge in [0.1, 0.15) is 11.2 Å². The van der Waals surface area contributed by atoms with E-state index in [1.54, 1.807) is 0 Å². The summed E-state index contributed by atoms with van der Waals surface area (Å²) < 4.78 is 6.69. The first-order chi connectivity index (χ1) is 26.9. The zero-order chi connectivity index (χ0) is 36.9. The molecule has 0 amide bonds. The SMILES string of the molecule is CC1(C)c2ccccc2-c2ccc(N(c3ccc(-c4ccccc4)cc3)c3ccc4oc5cccc(C6(C)c7ccccc7-c7ccccc76)c5c4c3)cc21. The maximum absolute atomic E-state index is 6.69. The number of furan rings is 1. The van der Waals surface area contributed by atoms with Crippen molar-refractivity contribution in [2.45, 2.75) is 31.6 Å². The van der Waals surface area contributed by atoms with Crippen molar-refractivity contribution >= 4 is 39.0 Å². The third-order valence-corrected chi connectivity index (χ3v) is 12.6. The van der Waals surface area contributed by atoms with Gasteiger partial charge < -0.3 is 9.32 Å². The minimum absolute atomic E-state index is 0.117. The summed E-state index contributed by atoms with van der Waals surface area (Å²) in [5.41, 5.74) is 18.9. The van der Waals surface area contributed by atoms with Gasteiger partial charge in [-0.05, 0) is 117 Å². The number of anilines is 3. The van der Waals surface area contributed by atoms with Gasteiger partial charge in [-0.3, -0.25) is 0 Å². The van der Waals surface area contributed by atoms with Gasteiger partial charge in [-0.25, -0.2) is 0 Å². The van der Waals surface area contributed by atoms with Crippen LogP contribution in [0.4, 0.5) is 17.1 Å². The number of rotatable bonds is 5. The second-order valence-electron chi connectivity index (χ2n) is 15.8. The Kier molecular flexibility index (Phi) is 6.76. The predicted octanol–water partition coefficient (Wildman–Crippen LogP) is 14.4. The molecule has 0 radical (unpaired) electrons. The van der Waals surface area contributed by atoms with E-state index in [-0.39, 0.29) is 10.8 Å². The second kappa shape index (κ2) is 11.7. The quantitative estimate of drug-likeness (QED) is 0.177. The van der Waals surface area contributed by atoms with E-state index < -0.39 is 0 Å². The molecule has 8 aromatic carbocycles. The highest BCUT2D eigenvalue weighted by atomic mass is 16.3. The summed E-state index contributed by atoms with van der Waals surface area (Å²) in [5.74, 6) is 0. The second-order valence-corrected chi connectivity index (χ2v) is 15.8. The summed E-state index contributed by atoms with van der Waals surface area (Å²) in [6, 6.07) is 66.6. The Bertz CT molecular complexity index is 2920. The largest absolute Gasteiger partial charge is 0.456 e. The minimum atomic E-state index is -0.354. The molecule has 0 spiro atoms. The molecular formula is C53H39NO. The zero-order valence-electron chi connectivity index (χ0n) is 31.2. The van der Waals surface area contributed by atoms with Gasteiger partial charge in [0, 0.05) is 38.7 Å². The Balaban J connectivity index is 1.13. The molecule has 1 aromatic heterocycles. The van der Waals surface area contributed by atoms with Crippen molar-refractivity contribution in [3.63, 3.8) is 0 Å². The predicted molar refractivity (Wildman–Crippen MR) is 229 cm³/mol. The van der Waals surface area contributed by atoms with Crippen LogP contribution in [0.5, 0.6) is 0 Å². The van der Waals surface area contributed by atoms with Gasteiger partial charge in [-0.1, -0.05) is 147 Å². The van der Waals surface area contributed by atoms with Crippen LogP contribution in [0.3, 0.4) is 0 Å². The Morgan fingerprint density at radius 2 is 0.909 bits per heavy atom. The molecule has 2 nitrogen and oxygen atoms in total. The first-order valence-electron chi connectivity index (χ1n) is 19.3. The molecule has 1 heterocycles. The normalized spacial score (nSPS) is 14.4. The number of hydrogen-bond donors (Lipinski definition) is 0. The van der Waals surface area contributed by atoms with Gasteiger partial charge in [0.05, 0.1) is 0 Å². The van der Waals surface area contributed by atoms with Crippen LogP contribution in [0.2, 0.25) is 0 Å². The van der Waals surface area contributed by atoms with E-state index in [1.165, 1.54) is 66.6 Å². The third-order valence-electron chi connectivity index (χ3n) is 12.6. The molecule has 2 heteroatoms. The Morgan fingerprint density at radius 3 is 1.62 bits per heavy atom. The molecule has 0 saturated heterocycles. The van der Waals surface area contributed by atoms with Crippen molar-refractivity contribution in [1.29, 1.82) is 0 Å². The van der Waals surface area contributed by atoms with Crippen molar-refractivity contribution in [2.24, 2.45) is 0 Å². The van der Waals surface area contributed by atoms with Crippen molar-refractivity contribution in [2.75, 3.05) is 4.90 Å². The molecule has 11 rings (SSSR count). The van der Waals surface area contributed by atoms with E-state index in [0.29, 0.717) is 0 Å². The lowest BCUT2D eigenvalue weighted by atomic mass is 9.73. The number of fused-ring (bicyclic) bond motifs is 9. The number of benzene rings is 8. The van der Waals surface area contributed by atoms with Crippen molar-refractivity contribution < 1.29 is 4.42 Å². The highest BCUT2D eigenvalue weighted by molar-refractivity contribution is 6.10. The first-order valence-corrected chi connectivity index (χ1v) is 19.3. The highest BCUT2D eigenvalue weighted by Crippen LogP contribution is 2.55. The summed E-state index contributed by atoms with van der Waals surface area (Å²) in [6.07, 6.45) is 0. The Labute approximate surface area is 322 Å². The van der Waals surface area contributed by atoms with E-state index in [9.17, 15) is 0 Å². The molecule has 0 atom stereocenters. The molecule has 262 valence electrons. The van der Waals surface area contributed by atoms with Crippen molar-refractivity contribution in [3.05, 3.63) is 210 Å². The minimum Gasteiger partial charge on any atom is -0.456 e. The van der Waals surface area contributed by atoms with Crippen LogP contribution in [-0.4, -0.2) is 0 Å². The lowest BCUT2D eigenvalue weighted by Crippen LogP contribution is -2.22. The average molecular weight is 706 g/mol. The van der Waals surface area contributed by atoms with Gasteiger partial charge in [-0.15, -0.1) is 0 Å². The standard InChI is InChI=1S/C53H39NO/c1-52(2)44-19-10-7-16-39(44)42-30-28-38(33-48(42)52)54(36-26-24-35(25-27-36)34-14-5-4-6-15-34)37-29-31-49-43(32-37)51-47(22-13-23-50(51)55-49)53(3)45-20-11-8-17-40(45)41-18-9-12-21-46(41)53/h4-33H,1-3H3. The molecule has 0 unspecified atom stereocenters. The van der Waals surface area contributed by atoms with E-state index in [4.69, 9.17) is 4.42 Å². The van der Waals surface area contributed by atoms with E-state index >= 15 is 0 Å². The van der Waals surface area contributed by atoms with E-state index in [0.717, 1.165) is 33.6 Å². The number of hydrogen-bond acceptors (Lipinski definition) is 2. The van der Waals surface area contributed by atoms with E-state index in [2.05, 4.69) is 208 Å². The molecule has 0 aliphatic heterocycles. The van der Waals surface area contributed by atoms with Crippen molar-refractivity contribution in [1.82, 2.24) is 0 Å². The molecule has 0 saturated carbocycles. The average Bonchev–Trinajstić information content (AvgIpc) is 3.82. The Morgan fingerprint density at radius 1 is 0.382 bits per heavy atom. The summed E-state index contributed by atoms with van der Waals surface area (Å²) in [6.45, 7) is 7.09. The molecule has 9 aromatic rings. The zero-order valence-corrected chi connectivity index (χ0v) is 31.2. The lowest BCUT2D eigenvalue weighted by Gasteiger charge is -2.29. The smallest absolute Gasteiger partial charge is 0.135 e. The number of nitrogens with zero attached hydrogens (tertiary/aromatic N) is 1. The van der Waals surface area contributed by atoms with Crippen LogP contribution in [0.15, 0.2) is 186 Å². The molecule has 55 heavy (non-hydrogen) atoms. The van der Waals surface area contributed by atoms with Gasteiger partial charge in [-0.2, -0.15) is 0 Å². The summed E-state index contributed by atoms with van der Waals surface area (Å²) in [4.78, 5) is 2.41. The maximum Gasteiger partial charge on any atom is 0.135 e. The summed E-state index contributed by atoms with van der Waals surface area (Å²) in [7, 11) is 0. The van der Waals surface area contributed by atoms with Crippen LogP contribution >= 0.6 is 0 Å². The first kappa shape index (κ1) is 31.8. The molecular weight excluding hydrogens is 667 g/mol. The van der Waals surface area contributed by atoms with Gasteiger partial charge in [0.25, 0.3) is 0 Å². The summed E-state index contributed by atoms with van der Waals surface area (Å²) >= 11 is 0.